The van der Waals surface area contributed by atoms with E-state index in [1.807, 2.05) is 0 Å². The van der Waals surface area contributed by atoms with Crippen molar-refractivity contribution in [1.29, 1.82) is 0 Å². The predicted molar refractivity (Wildman–Crippen MR) is 86.2 cm³/mol. The van der Waals surface area contributed by atoms with Crippen LogP contribution in [-0.4, -0.2) is 40.2 Å². The molecule has 2 aromatic carbocycles. The van der Waals surface area contributed by atoms with Crippen molar-refractivity contribution in [2.24, 2.45) is 0 Å². The first-order valence-corrected chi connectivity index (χ1v) is 7.27. The molecule has 0 heterocycles. The lowest BCUT2D eigenvalue weighted by atomic mass is 9.95. The SMILES string of the molecule is COc1ccc(Br)c(C(=O)c2c(O)cc(C(=O)O)cc2C(=O)O)c1. The summed E-state index contributed by atoms with van der Waals surface area (Å²) in [5.41, 5.74) is -1.48. The van der Waals surface area contributed by atoms with Crippen molar-refractivity contribution in [3.05, 3.63) is 57.1 Å². The zero-order valence-corrected chi connectivity index (χ0v) is 13.8. The molecule has 0 aliphatic carbocycles. The quantitative estimate of drug-likeness (QED) is 0.666. The Morgan fingerprint density at radius 1 is 1.00 bits per heavy atom. The van der Waals surface area contributed by atoms with E-state index >= 15 is 0 Å². The number of phenols is 1. The Morgan fingerprint density at radius 3 is 2.21 bits per heavy atom. The summed E-state index contributed by atoms with van der Waals surface area (Å²) in [4.78, 5) is 35.1. The number of rotatable bonds is 5. The number of carbonyl (C=O) groups is 3. The minimum Gasteiger partial charge on any atom is -0.507 e. The Morgan fingerprint density at radius 2 is 1.67 bits per heavy atom. The number of phenolic OH excluding ortho intramolecular Hbond substituents is 1. The van der Waals surface area contributed by atoms with Gasteiger partial charge in [0.05, 0.1) is 23.8 Å². The predicted octanol–water partition coefficient (Wildman–Crippen LogP) is 2.79. The minimum atomic E-state index is -1.53. The van der Waals surface area contributed by atoms with Gasteiger partial charge in [-0.15, -0.1) is 0 Å². The van der Waals surface area contributed by atoms with Crippen LogP contribution in [0, 0.1) is 0 Å². The van der Waals surface area contributed by atoms with Crippen molar-refractivity contribution in [1.82, 2.24) is 0 Å². The molecule has 0 saturated heterocycles. The summed E-state index contributed by atoms with van der Waals surface area (Å²) < 4.78 is 5.39. The number of carbonyl (C=O) groups excluding carboxylic acids is 1. The van der Waals surface area contributed by atoms with E-state index in [0.717, 1.165) is 12.1 Å². The van der Waals surface area contributed by atoms with E-state index in [-0.39, 0.29) is 5.56 Å². The maximum absolute atomic E-state index is 12.7. The molecular formula is C16H11BrO7. The topological polar surface area (TPSA) is 121 Å². The van der Waals surface area contributed by atoms with Crippen LogP contribution in [0.5, 0.6) is 11.5 Å². The fourth-order valence-corrected chi connectivity index (χ4v) is 2.52. The van der Waals surface area contributed by atoms with Crippen molar-refractivity contribution in [2.45, 2.75) is 0 Å². The molecule has 0 fully saturated rings. The van der Waals surface area contributed by atoms with Crippen LogP contribution in [0.2, 0.25) is 0 Å². The number of ketones is 1. The van der Waals surface area contributed by atoms with Gasteiger partial charge in [-0.2, -0.15) is 0 Å². The van der Waals surface area contributed by atoms with Crippen LogP contribution in [-0.2, 0) is 0 Å². The monoisotopic (exact) mass is 394 g/mol. The summed E-state index contributed by atoms with van der Waals surface area (Å²) in [6.07, 6.45) is 0. The Labute approximate surface area is 144 Å². The van der Waals surface area contributed by atoms with Gasteiger partial charge in [0.15, 0.2) is 5.78 Å². The van der Waals surface area contributed by atoms with Gasteiger partial charge in [-0.25, -0.2) is 9.59 Å². The summed E-state index contributed by atoms with van der Waals surface area (Å²) >= 11 is 3.18. The van der Waals surface area contributed by atoms with E-state index in [0.29, 0.717) is 10.2 Å². The van der Waals surface area contributed by atoms with Gasteiger partial charge in [0, 0.05) is 10.0 Å². The molecule has 0 aromatic heterocycles. The van der Waals surface area contributed by atoms with Gasteiger partial charge in [-0.05, 0) is 30.3 Å². The van der Waals surface area contributed by atoms with Gasteiger partial charge < -0.3 is 20.1 Å². The highest BCUT2D eigenvalue weighted by Crippen LogP contribution is 2.31. The molecule has 0 aliphatic rings. The van der Waals surface area contributed by atoms with Gasteiger partial charge in [0.2, 0.25) is 0 Å². The number of ether oxygens (including phenoxy) is 1. The maximum Gasteiger partial charge on any atom is 0.336 e. The number of halogens is 1. The first kappa shape index (κ1) is 17.5. The molecule has 8 heteroatoms. The number of aromatic hydroxyl groups is 1. The van der Waals surface area contributed by atoms with E-state index in [1.54, 1.807) is 6.07 Å². The zero-order valence-electron chi connectivity index (χ0n) is 12.2. The molecule has 0 bridgehead atoms. The molecule has 24 heavy (non-hydrogen) atoms. The second-order valence-corrected chi connectivity index (χ2v) is 5.56. The summed E-state index contributed by atoms with van der Waals surface area (Å²) in [6, 6.07) is 6.16. The lowest BCUT2D eigenvalue weighted by Crippen LogP contribution is -2.13. The fourth-order valence-electron chi connectivity index (χ4n) is 2.10. The molecule has 0 aliphatic heterocycles. The standard InChI is InChI=1S/C16H11BrO7/c1-24-8-2-3-11(17)9(6-8)14(19)13-10(16(22)23)4-7(15(20)21)5-12(13)18/h2-6,18H,1H3,(H,20,21)(H,22,23). The third-order valence-corrected chi connectivity index (χ3v) is 3.93. The molecule has 0 unspecified atom stereocenters. The van der Waals surface area contributed by atoms with Crippen molar-refractivity contribution < 1.29 is 34.4 Å². The van der Waals surface area contributed by atoms with Crippen molar-refractivity contribution in [2.75, 3.05) is 7.11 Å². The number of carboxylic acids is 2. The lowest BCUT2D eigenvalue weighted by Gasteiger charge is -2.11. The Hall–Kier alpha value is -2.87. The normalized spacial score (nSPS) is 10.2. The van der Waals surface area contributed by atoms with E-state index < -0.39 is 40.2 Å². The number of carboxylic acid groups (broad SMARTS) is 2. The molecule has 7 nitrogen and oxygen atoms in total. The van der Waals surface area contributed by atoms with Gasteiger partial charge in [0.25, 0.3) is 0 Å². The summed E-state index contributed by atoms with van der Waals surface area (Å²) in [6.45, 7) is 0. The maximum atomic E-state index is 12.7. The minimum absolute atomic E-state index is 0.0650. The van der Waals surface area contributed by atoms with Crippen LogP contribution in [0.1, 0.15) is 36.6 Å². The van der Waals surface area contributed by atoms with Gasteiger partial charge in [-0.3, -0.25) is 4.79 Å². The number of aromatic carboxylic acids is 2. The van der Waals surface area contributed by atoms with E-state index in [9.17, 15) is 24.6 Å². The van der Waals surface area contributed by atoms with Crippen LogP contribution in [0.15, 0.2) is 34.8 Å². The third kappa shape index (κ3) is 3.23. The molecule has 3 N–H and O–H groups in total. The summed E-state index contributed by atoms with van der Waals surface area (Å²) in [5, 5.41) is 28.3. The average molecular weight is 395 g/mol. The van der Waals surface area contributed by atoms with Crippen molar-refractivity contribution in [3.63, 3.8) is 0 Å². The van der Waals surface area contributed by atoms with Crippen LogP contribution >= 0.6 is 15.9 Å². The number of hydrogen-bond donors (Lipinski definition) is 3. The fraction of sp³-hybridized carbons (Fsp3) is 0.0625. The Kier molecular flexibility index (Phi) is 4.89. The molecule has 2 rings (SSSR count). The Bertz CT molecular complexity index is 858. The number of hydrogen-bond acceptors (Lipinski definition) is 5. The lowest BCUT2D eigenvalue weighted by molar-refractivity contribution is 0.0692. The molecule has 0 spiro atoms. The third-order valence-electron chi connectivity index (χ3n) is 3.24. The second kappa shape index (κ2) is 6.71. The summed E-state index contributed by atoms with van der Waals surface area (Å²) in [7, 11) is 1.40. The van der Waals surface area contributed by atoms with Crippen LogP contribution in [0.4, 0.5) is 0 Å². The summed E-state index contributed by atoms with van der Waals surface area (Å²) in [5.74, 6) is -4.11. The largest absolute Gasteiger partial charge is 0.507 e. The van der Waals surface area contributed by atoms with Gasteiger partial charge in [0.1, 0.15) is 11.5 Å². The van der Waals surface area contributed by atoms with Crippen LogP contribution in [0.3, 0.4) is 0 Å². The van der Waals surface area contributed by atoms with Gasteiger partial charge in [-0.1, -0.05) is 15.9 Å². The van der Waals surface area contributed by atoms with E-state index in [4.69, 9.17) is 9.84 Å². The highest BCUT2D eigenvalue weighted by molar-refractivity contribution is 9.10. The molecule has 0 atom stereocenters. The Balaban J connectivity index is 2.70. The van der Waals surface area contributed by atoms with Crippen LogP contribution in [0.25, 0.3) is 0 Å². The first-order chi connectivity index (χ1) is 11.3. The molecule has 0 radical (unpaired) electrons. The van der Waals surface area contributed by atoms with Crippen molar-refractivity contribution in [3.8, 4) is 11.5 Å². The highest BCUT2D eigenvalue weighted by Gasteiger charge is 2.26. The molecular weight excluding hydrogens is 384 g/mol. The average Bonchev–Trinajstić information content (AvgIpc) is 2.53. The number of methoxy groups -OCH3 is 1. The number of benzene rings is 2. The molecule has 2 aromatic rings. The van der Waals surface area contributed by atoms with E-state index in [2.05, 4.69) is 15.9 Å². The highest BCUT2D eigenvalue weighted by atomic mass is 79.9. The smallest absolute Gasteiger partial charge is 0.336 e. The van der Waals surface area contributed by atoms with Gasteiger partial charge >= 0.3 is 11.9 Å². The second-order valence-electron chi connectivity index (χ2n) is 4.70. The molecule has 0 amide bonds. The zero-order chi connectivity index (χ0) is 18.0. The molecule has 0 saturated carbocycles. The van der Waals surface area contributed by atoms with Crippen LogP contribution < -0.4 is 4.74 Å². The first-order valence-electron chi connectivity index (χ1n) is 6.48. The molecule has 124 valence electrons. The van der Waals surface area contributed by atoms with E-state index in [1.165, 1.54) is 19.2 Å². The van der Waals surface area contributed by atoms with Crippen molar-refractivity contribution >= 4 is 33.7 Å².